The molecule has 0 saturated heterocycles. The van der Waals surface area contributed by atoms with Gasteiger partial charge >= 0.3 is 6.18 Å². The Morgan fingerprint density at radius 3 is 2.17 bits per heavy atom. The summed E-state index contributed by atoms with van der Waals surface area (Å²) in [6, 6.07) is 11.9. The number of halogens is 3. The largest absolute Gasteiger partial charge is 0.418 e. The van der Waals surface area contributed by atoms with Gasteiger partial charge in [0.25, 0.3) is 5.91 Å². The van der Waals surface area contributed by atoms with Gasteiger partial charge < -0.3 is 0 Å². The highest BCUT2D eigenvalue weighted by atomic mass is 19.4. The van der Waals surface area contributed by atoms with Crippen LogP contribution in [-0.4, -0.2) is 5.91 Å². The fourth-order valence-electron chi connectivity index (χ4n) is 2.05. The van der Waals surface area contributed by atoms with Gasteiger partial charge in [0, 0.05) is 5.56 Å². The first kappa shape index (κ1) is 16.9. The molecule has 2 rings (SSSR count). The highest BCUT2D eigenvalue weighted by Crippen LogP contribution is 2.34. The maximum Gasteiger partial charge on any atom is 0.418 e. The fourth-order valence-corrected chi connectivity index (χ4v) is 2.05. The minimum absolute atomic E-state index is 0.202. The first-order chi connectivity index (χ1) is 10.8. The van der Waals surface area contributed by atoms with Crippen LogP contribution in [0.25, 0.3) is 0 Å². The second kappa shape index (κ2) is 6.73. The van der Waals surface area contributed by atoms with Gasteiger partial charge in [-0.15, -0.1) is 0 Å². The number of hydrogen-bond acceptors (Lipinski definition) is 2. The molecule has 2 N–H and O–H groups in total. The van der Waals surface area contributed by atoms with E-state index in [1.807, 2.05) is 26.0 Å². The van der Waals surface area contributed by atoms with E-state index in [-0.39, 0.29) is 5.69 Å². The molecule has 0 saturated carbocycles. The third-order valence-corrected chi connectivity index (χ3v) is 3.38. The van der Waals surface area contributed by atoms with Crippen molar-refractivity contribution in [3.05, 3.63) is 65.2 Å². The number of nitrogens with one attached hydrogen (secondary N) is 2. The van der Waals surface area contributed by atoms with Crippen LogP contribution in [0.4, 0.5) is 18.9 Å². The van der Waals surface area contributed by atoms with E-state index in [1.165, 1.54) is 18.2 Å². The summed E-state index contributed by atoms with van der Waals surface area (Å²) in [5.41, 5.74) is 5.03. The number of anilines is 1. The van der Waals surface area contributed by atoms with Gasteiger partial charge in [-0.2, -0.15) is 13.2 Å². The summed E-state index contributed by atoms with van der Waals surface area (Å²) in [4.78, 5) is 12.0. The van der Waals surface area contributed by atoms with Crippen LogP contribution < -0.4 is 10.9 Å². The molecule has 0 unspecified atom stereocenters. The van der Waals surface area contributed by atoms with Crippen molar-refractivity contribution in [1.82, 2.24) is 5.43 Å². The number of para-hydroxylation sites is 1. The molecule has 0 radical (unpaired) electrons. The molecule has 2 aromatic rings. The molecule has 0 spiro atoms. The van der Waals surface area contributed by atoms with Crippen LogP contribution in [0.5, 0.6) is 0 Å². The minimum atomic E-state index is -4.49. The van der Waals surface area contributed by atoms with Crippen molar-refractivity contribution in [3.8, 4) is 0 Å². The number of alkyl halides is 3. The van der Waals surface area contributed by atoms with Gasteiger partial charge in [-0.05, 0) is 35.7 Å². The Morgan fingerprint density at radius 1 is 1.00 bits per heavy atom. The van der Waals surface area contributed by atoms with Crippen molar-refractivity contribution in [3.63, 3.8) is 0 Å². The lowest BCUT2D eigenvalue weighted by molar-refractivity contribution is -0.137. The number of carbonyl (C=O) groups excluding carboxylic acids is 1. The highest BCUT2D eigenvalue weighted by molar-refractivity contribution is 5.95. The van der Waals surface area contributed by atoms with E-state index in [0.717, 1.165) is 11.6 Å². The van der Waals surface area contributed by atoms with Crippen molar-refractivity contribution in [1.29, 1.82) is 0 Å². The predicted molar refractivity (Wildman–Crippen MR) is 83.1 cm³/mol. The zero-order valence-electron chi connectivity index (χ0n) is 12.7. The highest BCUT2D eigenvalue weighted by Gasteiger charge is 2.33. The lowest BCUT2D eigenvalue weighted by atomic mass is 10.0. The Kier molecular flexibility index (Phi) is 4.93. The molecule has 0 aliphatic heterocycles. The average molecular weight is 322 g/mol. The molecule has 23 heavy (non-hydrogen) atoms. The van der Waals surface area contributed by atoms with Crippen LogP contribution in [0.2, 0.25) is 0 Å². The summed E-state index contributed by atoms with van der Waals surface area (Å²) in [7, 11) is 0. The molecule has 2 aromatic carbocycles. The molecule has 0 atom stereocenters. The maximum atomic E-state index is 12.9. The molecular weight excluding hydrogens is 305 g/mol. The second-order valence-corrected chi connectivity index (χ2v) is 5.40. The summed E-state index contributed by atoms with van der Waals surface area (Å²) in [5, 5.41) is 0. The van der Waals surface area contributed by atoms with Gasteiger partial charge in [0.05, 0.1) is 11.3 Å². The van der Waals surface area contributed by atoms with Crippen LogP contribution in [0.3, 0.4) is 0 Å². The first-order valence-electron chi connectivity index (χ1n) is 7.11. The van der Waals surface area contributed by atoms with Crippen molar-refractivity contribution in [2.24, 2.45) is 0 Å². The third kappa shape index (κ3) is 4.25. The van der Waals surface area contributed by atoms with E-state index >= 15 is 0 Å². The van der Waals surface area contributed by atoms with E-state index in [1.54, 1.807) is 12.1 Å². The van der Waals surface area contributed by atoms with Crippen LogP contribution in [-0.2, 0) is 6.18 Å². The van der Waals surface area contributed by atoms with Gasteiger partial charge in [-0.25, -0.2) is 0 Å². The lowest BCUT2D eigenvalue weighted by Gasteiger charge is -2.15. The summed E-state index contributed by atoms with van der Waals surface area (Å²) < 4.78 is 38.6. The normalized spacial score (nSPS) is 11.4. The van der Waals surface area contributed by atoms with E-state index in [2.05, 4.69) is 10.9 Å². The number of benzene rings is 2. The topological polar surface area (TPSA) is 41.1 Å². The van der Waals surface area contributed by atoms with Gasteiger partial charge in [0.2, 0.25) is 0 Å². The monoisotopic (exact) mass is 322 g/mol. The predicted octanol–water partition coefficient (Wildman–Crippen LogP) is 4.59. The Morgan fingerprint density at radius 2 is 1.61 bits per heavy atom. The number of amides is 1. The van der Waals surface area contributed by atoms with Crippen molar-refractivity contribution >= 4 is 11.6 Å². The van der Waals surface area contributed by atoms with Gasteiger partial charge in [-0.3, -0.25) is 15.6 Å². The summed E-state index contributed by atoms with van der Waals surface area (Å²) in [5.74, 6) is -0.166. The third-order valence-electron chi connectivity index (χ3n) is 3.38. The number of carbonyl (C=O) groups is 1. The van der Waals surface area contributed by atoms with E-state index < -0.39 is 17.6 Å². The molecule has 3 nitrogen and oxygen atoms in total. The van der Waals surface area contributed by atoms with Crippen molar-refractivity contribution in [2.75, 3.05) is 5.43 Å². The maximum absolute atomic E-state index is 12.9. The molecule has 0 heterocycles. The SMILES string of the molecule is CC(C)c1ccc(C(=O)NNc2ccccc2C(F)(F)F)cc1. The summed E-state index contributed by atoms with van der Waals surface area (Å²) >= 11 is 0. The van der Waals surface area contributed by atoms with Crippen LogP contribution in [0.1, 0.15) is 41.3 Å². The molecular formula is C17H17F3N2O. The number of rotatable bonds is 4. The Hall–Kier alpha value is -2.50. The minimum Gasteiger partial charge on any atom is -0.298 e. The van der Waals surface area contributed by atoms with E-state index in [9.17, 15) is 18.0 Å². The lowest BCUT2D eigenvalue weighted by Crippen LogP contribution is -2.30. The smallest absolute Gasteiger partial charge is 0.298 e. The molecule has 0 aliphatic rings. The molecule has 0 aliphatic carbocycles. The summed E-state index contributed by atoms with van der Waals surface area (Å²) in [6.45, 7) is 4.06. The Bertz CT molecular complexity index is 679. The quantitative estimate of drug-likeness (QED) is 0.809. The van der Waals surface area contributed by atoms with E-state index in [4.69, 9.17) is 0 Å². The molecule has 0 aromatic heterocycles. The van der Waals surface area contributed by atoms with Gasteiger partial charge in [0.15, 0.2) is 0 Å². The Labute approximate surface area is 132 Å². The van der Waals surface area contributed by atoms with Gasteiger partial charge in [0.1, 0.15) is 0 Å². The fraction of sp³-hybridized carbons (Fsp3) is 0.235. The second-order valence-electron chi connectivity index (χ2n) is 5.40. The van der Waals surface area contributed by atoms with Crippen LogP contribution >= 0.6 is 0 Å². The van der Waals surface area contributed by atoms with Crippen LogP contribution in [0.15, 0.2) is 48.5 Å². The summed E-state index contributed by atoms with van der Waals surface area (Å²) in [6.07, 6.45) is -4.49. The zero-order chi connectivity index (χ0) is 17.0. The van der Waals surface area contributed by atoms with Crippen molar-refractivity contribution < 1.29 is 18.0 Å². The average Bonchev–Trinajstić information content (AvgIpc) is 2.52. The van der Waals surface area contributed by atoms with Gasteiger partial charge in [-0.1, -0.05) is 38.1 Å². The molecule has 0 fully saturated rings. The van der Waals surface area contributed by atoms with Crippen molar-refractivity contribution in [2.45, 2.75) is 25.9 Å². The molecule has 1 amide bonds. The van der Waals surface area contributed by atoms with E-state index in [0.29, 0.717) is 11.5 Å². The Balaban J connectivity index is 2.08. The standard InChI is InChI=1S/C17H17F3N2O/c1-11(2)12-7-9-13(10-8-12)16(23)22-21-15-6-4-3-5-14(15)17(18,19)20/h3-11,21H,1-2H3,(H,22,23). The molecule has 122 valence electrons. The van der Waals surface area contributed by atoms with Crippen LogP contribution in [0, 0.1) is 0 Å². The first-order valence-corrected chi connectivity index (χ1v) is 7.11. The molecule has 0 bridgehead atoms. The zero-order valence-corrected chi connectivity index (χ0v) is 12.7. The number of hydrazine groups is 1. The molecule has 6 heteroatoms. The number of hydrogen-bond donors (Lipinski definition) is 2.